The summed E-state index contributed by atoms with van der Waals surface area (Å²) in [7, 11) is 2.43. The van der Waals surface area contributed by atoms with Gasteiger partial charge in [-0.25, -0.2) is 9.59 Å². The molecule has 22 heavy (non-hydrogen) atoms. The molecule has 1 N–H and O–H groups in total. The van der Waals surface area contributed by atoms with Crippen molar-refractivity contribution in [1.29, 1.82) is 0 Å². The van der Waals surface area contributed by atoms with Crippen LogP contribution in [0.4, 0.5) is 0 Å². The minimum atomic E-state index is -1.21. The van der Waals surface area contributed by atoms with Crippen molar-refractivity contribution in [2.45, 2.75) is 24.5 Å². The van der Waals surface area contributed by atoms with Crippen molar-refractivity contribution in [2.24, 2.45) is 0 Å². The van der Waals surface area contributed by atoms with E-state index in [9.17, 15) is 14.4 Å². The number of aliphatic carboxylic acids is 1. The number of fused-ring (bicyclic) bond motifs is 2. The molecule has 0 aliphatic carbocycles. The van der Waals surface area contributed by atoms with Crippen LogP contribution in [-0.2, 0) is 28.6 Å². The van der Waals surface area contributed by atoms with Crippen molar-refractivity contribution in [1.82, 2.24) is 0 Å². The van der Waals surface area contributed by atoms with Crippen molar-refractivity contribution in [2.75, 3.05) is 14.2 Å². The highest BCUT2D eigenvalue weighted by atomic mass is 16.6. The molecule has 0 radical (unpaired) electrons. The lowest BCUT2D eigenvalue weighted by Crippen LogP contribution is -2.30. The van der Waals surface area contributed by atoms with Crippen LogP contribution in [0.25, 0.3) is 0 Å². The average molecular weight is 308 g/mol. The number of carbonyl (C=O) groups is 3. The molecule has 0 aromatic carbocycles. The number of carbonyl (C=O) groups excluding carboxylic acids is 2. The second-order valence-corrected chi connectivity index (χ2v) is 4.80. The summed E-state index contributed by atoms with van der Waals surface area (Å²) in [6, 6.07) is 0. The number of hydrogen-bond acceptors (Lipinski definition) is 6. The van der Waals surface area contributed by atoms with Gasteiger partial charge in [0.25, 0.3) is 0 Å². The van der Waals surface area contributed by atoms with E-state index in [0.29, 0.717) is 0 Å². The second-order valence-electron chi connectivity index (χ2n) is 4.80. The number of ether oxygens (including phenoxy) is 3. The third-order valence-electron chi connectivity index (χ3n) is 3.47. The molecule has 2 bridgehead atoms. The fourth-order valence-electron chi connectivity index (χ4n) is 2.51. The number of carboxylic acid groups (broad SMARTS) is 1. The number of carboxylic acids is 1. The van der Waals surface area contributed by atoms with Gasteiger partial charge in [0.2, 0.25) is 0 Å². The maximum absolute atomic E-state index is 12.1. The van der Waals surface area contributed by atoms with Crippen LogP contribution in [0.1, 0.15) is 12.8 Å². The molecule has 0 amide bonds. The van der Waals surface area contributed by atoms with Crippen LogP contribution in [0.5, 0.6) is 0 Å². The van der Waals surface area contributed by atoms with Crippen molar-refractivity contribution in [3.05, 3.63) is 35.5 Å². The molecular weight excluding hydrogens is 292 g/mol. The second kappa shape index (κ2) is 6.15. The SMILES string of the molecule is COC(=O)C1=C(C(=O)OC)[C@]2(/C=C/CCC(=O)O)C=C[C@H]1O2. The van der Waals surface area contributed by atoms with Crippen molar-refractivity contribution >= 4 is 17.9 Å². The summed E-state index contributed by atoms with van der Waals surface area (Å²) in [6.45, 7) is 0. The van der Waals surface area contributed by atoms with Gasteiger partial charge in [-0.05, 0) is 18.6 Å². The Morgan fingerprint density at radius 2 is 2.00 bits per heavy atom. The van der Waals surface area contributed by atoms with Crippen LogP contribution >= 0.6 is 0 Å². The molecule has 2 rings (SSSR count). The summed E-state index contributed by atoms with van der Waals surface area (Å²) in [5, 5.41) is 8.64. The molecule has 0 aromatic heterocycles. The molecule has 2 aliphatic rings. The molecule has 0 saturated carbocycles. The lowest BCUT2D eigenvalue weighted by Gasteiger charge is -2.21. The van der Waals surface area contributed by atoms with Gasteiger partial charge in [-0.1, -0.05) is 12.2 Å². The largest absolute Gasteiger partial charge is 0.481 e. The first-order valence-electron chi connectivity index (χ1n) is 6.63. The quantitative estimate of drug-likeness (QED) is 0.571. The summed E-state index contributed by atoms with van der Waals surface area (Å²) in [4.78, 5) is 34.5. The Morgan fingerprint density at radius 1 is 1.32 bits per heavy atom. The minimum Gasteiger partial charge on any atom is -0.481 e. The van der Waals surface area contributed by atoms with E-state index >= 15 is 0 Å². The molecule has 2 heterocycles. The summed E-state index contributed by atoms with van der Waals surface area (Å²) < 4.78 is 15.1. The molecule has 118 valence electrons. The number of allylic oxidation sites excluding steroid dienone is 1. The number of methoxy groups -OCH3 is 2. The molecule has 0 saturated heterocycles. The predicted molar refractivity (Wildman–Crippen MR) is 73.8 cm³/mol. The maximum atomic E-state index is 12.1. The van der Waals surface area contributed by atoms with E-state index in [4.69, 9.17) is 19.3 Å². The van der Waals surface area contributed by atoms with E-state index in [1.165, 1.54) is 14.2 Å². The lowest BCUT2D eigenvalue weighted by atomic mass is 9.86. The van der Waals surface area contributed by atoms with Gasteiger partial charge in [0.1, 0.15) is 11.7 Å². The Kier molecular flexibility index (Phi) is 4.46. The van der Waals surface area contributed by atoms with Crippen LogP contribution in [0, 0.1) is 0 Å². The summed E-state index contributed by atoms with van der Waals surface area (Å²) >= 11 is 0. The highest BCUT2D eigenvalue weighted by Crippen LogP contribution is 2.45. The lowest BCUT2D eigenvalue weighted by molar-refractivity contribution is -0.139. The fourth-order valence-corrected chi connectivity index (χ4v) is 2.51. The standard InChI is InChI=1S/C15H16O7/c1-20-13(18)11-9-6-8-15(22-9,12(11)14(19)21-2)7-4-3-5-10(16)17/h4,6-9H,3,5H2,1-2H3,(H,16,17)/b7-4+/t9-,15+/m1/s1. The average Bonchev–Trinajstić information content (AvgIpc) is 3.06. The van der Waals surface area contributed by atoms with Crippen molar-refractivity contribution in [3.63, 3.8) is 0 Å². The van der Waals surface area contributed by atoms with Crippen molar-refractivity contribution in [3.8, 4) is 0 Å². The minimum absolute atomic E-state index is 0.0408. The van der Waals surface area contributed by atoms with Crippen LogP contribution in [0.2, 0.25) is 0 Å². The fraction of sp³-hybridized carbons (Fsp3) is 0.400. The molecule has 2 atom stereocenters. The van der Waals surface area contributed by atoms with E-state index in [2.05, 4.69) is 0 Å². The maximum Gasteiger partial charge on any atom is 0.338 e. The van der Waals surface area contributed by atoms with Gasteiger partial charge < -0.3 is 19.3 Å². The van der Waals surface area contributed by atoms with E-state index < -0.39 is 29.6 Å². The molecule has 7 nitrogen and oxygen atoms in total. The van der Waals surface area contributed by atoms with Crippen LogP contribution in [0.3, 0.4) is 0 Å². The molecule has 0 aromatic rings. The van der Waals surface area contributed by atoms with Crippen LogP contribution < -0.4 is 0 Å². The Balaban J connectivity index is 2.35. The smallest absolute Gasteiger partial charge is 0.338 e. The Bertz CT molecular complexity index is 599. The zero-order chi connectivity index (χ0) is 16.3. The highest BCUT2D eigenvalue weighted by molar-refractivity contribution is 6.05. The predicted octanol–water partition coefficient (Wildman–Crippen LogP) is 0.757. The summed E-state index contributed by atoms with van der Waals surface area (Å²) in [6.07, 6.45) is 6.03. The Hall–Kier alpha value is -2.41. The molecule has 0 unspecified atom stereocenters. The van der Waals surface area contributed by atoms with Crippen molar-refractivity contribution < 1.29 is 33.7 Å². The number of hydrogen-bond donors (Lipinski definition) is 1. The highest BCUT2D eigenvalue weighted by Gasteiger charge is 2.53. The van der Waals surface area contributed by atoms with E-state index in [1.54, 1.807) is 24.3 Å². The van der Waals surface area contributed by atoms with Gasteiger partial charge in [0.15, 0.2) is 0 Å². The first kappa shape index (κ1) is 16.0. The van der Waals surface area contributed by atoms with Gasteiger partial charge in [-0.15, -0.1) is 0 Å². The first-order valence-corrected chi connectivity index (χ1v) is 6.63. The van der Waals surface area contributed by atoms with E-state index in [-0.39, 0.29) is 24.0 Å². The van der Waals surface area contributed by atoms with Gasteiger partial charge in [0, 0.05) is 6.42 Å². The van der Waals surface area contributed by atoms with Gasteiger partial charge in [-0.2, -0.15) is 0 Å². The summed E-state index contributed by atoms with van der Waals surface area (Å²) in [5.41, 5.74) is -1.03. The van der Waals surface area contributed by atoms with Crippen LogP contribution in [-0.4, -0.2) is 48.9 Å². The number of esters is 2. The molecule has 0 spiro atoms. The monoisotopic (exact) mass is 308 g/mol. The van der Waals surface area contributed by atoms with Gasteiger partial charge >= 0.3 is 17.9 Å². The first-order chi connectivity index (χ1) is 10.4. The van der Waals surface area contributed by atoms with Crippen LogP contribution in [0.15, 0.2) is 35.5 Å². The van der Waals surface area contributed by atoms with E-state index in [1.807, 2.05) is 0 Å². The number of rotatable bonds is 6. The molecule has 2 aliphatic heterocycles. The van der Waals surface area contributed by atoms with E-state index in [0.717, 1.165) is 0 Å². The molecule has 7 heteroatoms. The van der Waals surface area contributed by atoms with Gasteiger partial charge in [0.05, 0.1) is 25.4 Å². The Morgan fingerprint density at radius 3 is 2.59 bits per heavy atom. The molecule has 0 fully saturated rings. The summed E-state index contributed by atoms with van der Waals surface area (Å²) in [5.74, 6) is -2.26. The third-order valence-corrected chi connectivity index (χ3v) is 3.47. The third kappa shape index (κ3) is 2.67. The normalized spacial score (nSPS) is 25.8. The topological polar surface area (TPSA) is 99.1 Å². The van der Waals surface area contributed by atoms with Gasteiger partial charge in [-0.3, -0.25) is 4.79 Å². The molecular formula is C15H16O7. The zero-order valence-corrected chi connectivity index (χ0v) is 12.2. The Labute approximate surface area is 126 Å². The zero-order valence-electron chi connectivity index (χ0n) is 12.2.